The lowest BCUT2D eigenvalue weighted by Gasteiger charge is -2.18. The molecule has 0 bridgehead atoms. The van der Waals surface area contributed by atoms with Crippen LogP contribution in [-0.2, 0) is 17.9 Å². The number of carbonyl (C=O) groups is 1. The third kappa shape index (κ3) is 5.39. The van der Waals surface area contributed by atoms with Crippen molar-refractivity contribution < 1.29 is 14.6 Å². The summed E-state index contributed by atoms with van der Waals surface area (Å²) in [7, 11) is 0. The summed E-state index contributed by atoms with van der Waals surface area (Å²) in [6.07, 6.45) is 0. The quantitative estimate of drug-likeness (QED) is 0.775. The minimum atomic E-state index is -0.817. The number of ether oxygens (including phenoxy) is 1. The first kappa shape index (κ1) is 18.0. The fourth-order valence-electron chi connectivity index (χ4n) is 2.51. The molecule has 0 spiro atoms. The van der Waals surface area contributed by atoms with Gasteiger partial charge >= 0.3 is 5.97 Å². The zero-order valence-corrected chi connectivity index (χ0v) is 14.5. The Morgan fingerprint density at radius 2 is 1.83 bits per heavy atom. The second-order valence-corrected chi connectivity index (χ2v) is 6.36. The molecule has 2 aromatic carbocycles. The Bertz CT molecular complexity index is 665. The zero-order chi connectivity index (χ0) is 17.5. The van der Waals surface area contributed by atoms with Crippen LogP contribution in [0.15, 0.2) is 48.5 Å². The van der Waals surface area contributed by atoms with Crippen molar-refractivity contribution in [3.63, 3.8) is 0 Å². The summed E-state index contributed by atoms with van der Waals surface area (Å²) in [5.74, 6) is 0.0291. The first-order chi connectivity index (χ1) is 11.5. The van der Waals surface area contributed by atoms with Gasteiger partial charge in [0.2, 0.25) is 0 Å². The van der Waals surface area contributed by atoms with E-state index in [-0.39, 0.29) is 5.92 Å². The van der Waals surface area contributed by atoms with Gasteiger partial charge in [0.25, 0.3) is 0 Å². The van der Waals surface area contributed by atoms with E-state index in [0.29, 0.717) is 13.2 Å². The summed E-state index contributed by atoms with van der Waals surface area (Å²) in [6.45, 7) is 6.91. The molecular weight excluding hydrogens is 302 g/mol. The largest absolute Gasteiger partial charge is 0.489 e. The van der Waals surface area contributed by atoms with Crippen LogP contribution in [0, 0.1) is 12.8 Å². The molecule has 128 valence electrons. The zero-order valence-electron chi connectivity index (χ0n) is 14.5. The normalized spacial score (nSPS) is 12.2. The van der Waals surface area contributed by atoms with Crippen molar-refractivity contribution >= 4 is 5.97 Å². The number of benzene rings is 2. The van der Waals surface area contributed by atoms with Crippen LogP contribution < -0.4 is 10.1 Å². The second-order valence-electron chi connectivity index (χ2n) is 6.36. The molecule has 0 radical (unpaired) electrons. The lowest BCUT2D eigenvalue weighted by Crippen LogP contribution is -2.40. The van der Waals surface area contributed by atoms with Gasteiger partial charge in [-0.25, -0.2) is 0 Å². The maximum Gasteiger partial charge on any atom is 0.320 e. The van der Waals surface area contributed by atoms with Gasteiger partial charge < -0.3 is 15.2 Å². The topological polar surface area (TPSA) is 58.6 Å². The van der Waals surface area contributed by atoms with Crippen LogP contribution in [-0.4, -0.2) is 17.1 Å². The molecule has 4 nitrogen and oxygen atoms in total. The van der Waals surface area contributed by atoms with Crippen LogP contribution in [0.5, 0.6) is 5.75 Å². The highest BCUT2D eigenvalue weighted by Gasteiger charge is 2.20. The fraction of sp³-hybridized carbons (Fsp3) is 0.350. The Morgan fingerprint density at radius 3 is 2.42 bits per heavy atom. The molecule has 0 amide bonds. The lowest BCUT2D eigenvalue weighted by atomic mass is 10.0. The summed E-state index contributed by atoms with van der Waals surface area (Å²) >= 11 is 0. The molecule has 0 saturated heterocycles. The van der Waals surface area contributed by atoms with Crippen LogP contribution in [0.2, 0.25) is 0 Å². The van der Waals surface area contributed by atoms with Crippen LogP contribution in [0.4, 0.5) is 0 Å². The van der Waals surface area contributed by atoms with Crippen LogP contribution in [0.1, 0.15) is 30.5 Å². The molecule has 2 rings (SSSR count). The van der Waals surface area contributed by atoms with Gasteiger partial charge in [-0.1, -0.05) is 55.8 Å². The van der Waals surface area contributed by atoms with E-state index >= 15 is 0 Å². The van der Waals surface area contributed by atoms with Gasteiger partial charge in [-0.05, 0) is 36.1 Å². The first-order valence-electron chi connectivity index (χ1n) is 8.19. The summed E-state index contributed by atoms with van der Waals surface area (Å²) in [5, 5.41) is 12.3. The monoisotopic (exact) mass is 327 g/mol. The van der Waals surface area contributed by atoms with Crippen LogP contribution >= 0.6 is 0 Å². The number of aryl methyl sites for hydroxylation is 1. The molecule has 0 saturated carbocycles. The number of carboxylic acids is 1. The average Bonchev–Trinajstić information content (AvgIpc) is 2.53. The number of hydrogen-bond donors (Lipinski definition) is 2. The van der Waals surface area contributed by atoms with Gasteiger partial charge in [-0.15, -0.1) is 0 Å². The van der Waals surface area contributed by atoms with Gasteiger partial charge in [0, 0.05) is 6.54 Å². The minimum absolute atomic E-state index is 0.0411. The van der Waals surface area contributed by atoms with E-state index in [1.54, 1.807) is 0 Å². The smallest absolute Gasteiger partial charge is 0.320 e. The molecule has 0 heterocycles. The van der Waals surface area contributed by atoms with Crippen molar-refractivity contribution in [1.29, 1.82) is 0 Å². The third-order valence-corrected chi connectivity index (χ3v) is 3.87. The maximum atomic E-state index is 11.2. The molecule has 0 fully saturated rings. The van der Waals surface area contributed by atoms with Crippen molar-refractivity contribution in [2.45, 2.75) is 40.0 Å². The van der Waals surface area contributed by atoms with Crippen molar-refractivity contribution in [3.8, 4) is 5.75 Å². The maximum absolute atomic E-state index is 11.2. The summed E-state index contributed by atoms with van der Waals surface area (Å²) in [4.78, 5) is 11.2. The molecule has 1 unspecified atom stereocenters. The summed E-state index contributed by atoms with van der Waals surface area (Å²) < 4.78 is 5.79. The molecule has 24 heavy (non-hydrogen) atoms. The highest BCUT2D eigenvalue weighted by molar-refractivity contribution is 5.73. The molecule has 2 N–H and O–H groups in total. The van der Waals surface area contributed by atoms with E-state index in [1.165, 1.54) is 5.56 Å². The Balaban J connectivity index is 1.87. The summed E-state index contributed by atoms with van der Waals surface area (Å²) in [5.41, 5.74) is 3.39. The number of hydrogen-bond acceptors (Lipinski definition) is 3. The second kappa shape index (κ2) is 8.50. The van der Waals surface area contributed by atoms with E-state index < -0.39 is 12.0 Å². The Morgan fingerprint density at radius 1 is 1.12 bits per heavy atom. The Hall–Kier alpha value is -2.33. The van der Waals surface area contributed by atoms with Gasteiger partial charge in [-0.3, -0.25) is 4.79 Å². The first-order valence-corrected chi connectivity index (χ1v) is 8.19. The molecular formula is C20H25NO3. The highest BCUT2D eigenvalue weighted by Crippen LogP contribution is 2.15. The number of nitrogens with one attached hydrogen (secondary N) is 1. The van der Waals surface area contributed by atoms with Gasteiger partial charge in [-0.2, -0.15) is 0 Å². The molecule has 2 aromatic rings. The third-order valence-electron chi connectivity index (χ3n) is 3.87. The van der Waals surface area contributed by atoms with Gasteiger partial charge in [0.15, 0.2) is 0 Å². The van der Waals surface area contributed by atoms with E-state index in [4.69, 9.17) is 4.74 Å². The number of rotatable bonds is 8. The lowest BCUT2D eigenvalue weighted by molar-refractivity contribution is -0.140. The SMILES string of the molecule is Cc1cccc(COc2ccc(CNC(C(=O)O)C(C)C)cc2)c1. The van der Waals surface area contributed by atoms with E-state index in [9.17, 15) is 9.90 Å². The van der Waals surface area contributed by atoms with Crippen molar-refractivity contribution in [1.82, 2.24) is 5.32 Å². The standard InChI is InChI=1S/C20H25NO3/c1-14(2)19(20(22)23)21-12-16-7-9-18(10-8-16)24-13-17-6-4-5-15(3)11-17/h4-11,14,19,21H,12-13H2,1-3H3,(H,22,23). The fourth-order valence-corrected chi connectivity index (χ4v) is 2.51. The molecule has 0 aliphatic heterocycles. The van der Waals surface area contributed by atoms with E-state index in [2.05, 4.69) is 24.4 Å². The predicted octanol–water partition coefficient (Wildman–Crippen LogP) is 3.77. The van der Waals surface area contributed by atoms with Crippen LogP contribution in [0.25, 0.3) is 0 Å². The summed E-state index contributed by atoms with van der Waals surface area (Å²) in [6, 6.07) is 15.4. The highest BCUT2D eigenvalue weighted by atomic mass is 16.5. The average molecular weight is 327 g/mol. The molecule has 0 aliphatic rings. The van der Waals surface area contributed by atoms with Crippen molar-refractivity contribution in [2.75, 3.05) is 0 Å². The Kier molecular flexibility index (Phi) is 6.38. The minimum Gasteiger partial charge on any atom is -0.489 e. The molecule has 0 aromatic heterocycles. The predicted molar refractivity (Wildman–Crippen MR) is 95.1 cm³/mol. The molecule has 0 aliphatic carbocycles. The Labute approximate surface area is 143 Å². The molecule has 1 atom stereocenters. The number of aliphatic carboxylic acids is 1. The number of carboxylic acid groups (broad SMARTS) is 1. The van der Waals surface area contributed by atoms with E-state index in [0.717, 1.165) is 16.9 Å². The van der Waals surface area contributed by atoms with Crippen LogP contribution in [0.3, 0.4) is 0 Å². The van der Waals surface area contributed by atoms with Crippen molar-refractivity contribution in [2.24, 2.45) is 5.92 Å². The van der Waals surface area contributed by atoms with Crippen molar-refractivity contribution in [3.05, 3.63) is 65.2 Å². The van der Waals surface area contributed by atoms with Gasteiger partial charge in [0.1, 0.15) is 18.4 Å². The van der Waals surface area contributed by atoms with Gasteiger partial charge in [0.05, 0.1) is 0 Å². The van der Waals surface area contributed by atoms with E-state index in [1.807, 2.05) is 50.2 Å². The molecule has 4 heteroatoms.